The molecule has 0 aliphatic carbocycles. The Morgan fingerprint density at radius 3 is 2.68 bits per heavy atom. The second kappa shape index (κ2) is 5.49. The second-order valence-corrected chi connectivity index (χ2v) is 6.86. The van der Waals surface area contributed by atoms with Crippen molar-refractivity contribution in [2.24, 2.45) is 5.41 Å². The van der Waals surface area contributed by atoms with Crippen molar-refractivity contribution >= 4 is 28.8 Å². The quantitative estimate of drug-likeness (QED) is 0.569. The molecule has 0 spiro atoms. The maximum absolute atomic E-state index is 11.6. The van der Waals surface area contributed by atoms with Crippen molar-refractivity contribution in [2.45, 2.75) is 13.8 Å². The zero-order valence-electron chi connectivity index (χ0n) is 12.3. The fraction of sp³-hybridized carbons (Fsp3) is 0.235. The Kier molecular flexibility index (Phi) is 3.79. The first-order valence-corrected chi connectivity index (χ1v) is 7.66. The zero-order chi connectivity index (χ0) is 15.9. The third-order valence-corrected chi connectivity index (χ3v) is 4.26. The Labute approximate surface area is 139 Å². The number of hydrogen-bond acceptors (Lipinski definition) is 2. The fourth-order valence-corrected chi connectivity index (χ4v) is 2.80. The standard InChI is InChI=1S/C17H15Cl2NO2/c1-17(2)8-13(11-4-3-5-20(21)9-11)12-6-14(18)15(19)7-16(12)22-10-17/h3-9H,10H2,1-2H3. The average Bonchev–Trinajstić information content (AvgIpc) is 2.57. The molecule has 0 fully saturated rings. The first kappa shape index (κ1) is 15.2. The summed E-state index contributed by atoms with van der Waals surface area (Å²) in [5, 5.41) is 12.5. The van der Waals surface area contributed by atoms with Gasteiger partial charge in [0.05, 0.1) is 16.7 Å². The summed E-state index contributed by atoms with van der Waals surface area (Å²) in [7, 11) is 0. The summed E-state index contributed by atoms with van der Waals surface area (Å²) in [6.45, 7) is 4.68. The third kappa shape index (κ3) is 2.92. The Hall–Kier alpha value is -1.71. The highest BCUT2D eigenvalue weighted by Gasteiger charge is 2.26. The number of aromatic nitrogens is 1. The van der Waals surface area contributed by atoms with Crippen molar-refractivity contribution in [3.8, 4) is 5.75 Å². The lowest BCUT2D eigenvalue weighted by Gasteiger charge is -2.18. The summed E-state index contributed by atoms with van der Waals surface area (Å²) in [6, 6.07) is 7.13. The molecule has 2 aromatic rings. The van der Waals surface area contributed by atoms with Crippen molar-refractivity contribution < 1.29 is 9.47 Å². The van der Waals surface area contributed by atoms with Gasteiger partial charge in [0.25, 0.3) is 0 Å². The molecular weight excluding hydrogens is 321 g/mol. The van der Waals surface area contributed by atoms with E-state index in [1.54, 1.807) is 24.4 Å². The second-order valence-electron chi connectivity index (χ2n) is 6.05. The molecule has 1 aliphatic heterocycles. The number of halogens is 2. The lowest BCUT2D eigenvalue weighted by atomic mass is 9.88. The fourth-order valence-electron chi connectivity index (χ4n) is 2.49. The Balaban J connectivity index is 2.25. The molecule has 0 radical (unpaired) electrons. The van der Waals surface area contributed by atoms with Gasteiger partial charge in [-0.1, -0.05) is 43.1 Å². The van der Waals surface area contributed by atoms with Gasteiger partial charge >= 0.3 is 0 Å². The topological polar surface area (TPSA) is 36.2 Å². The highest BCUT2D eigenvalue weighted by Crippen LogP contribution is 2.41. The van der Waals surface area contributed by atoms with Crippen LogP contribution < -0.4 is 9.47 Å². The Morgan fingerprint density at radius 1 is 1.23 bits per heavy atom. The van der Waals surface area contributed by atoms with Crippen molar-refractivity contribution in [1.82, 2.24) is 0 Å². The van der Waals surface area contributed by atoms with E-state index in [2.05, 4.69) is 19.9 Å². The van der Waals surface area contributed by atoms with Gasteiger partial charge in [0, 0.05) is 28.7 Å². The number of hydrogen-bond donors (Lipinski definition) is 0. The molecule has 0 saturated heterocycles. The smallest absolute Gasteiger partial charge is 0.188 e. The van der Waals surface area contributed by atoms with E-state index in [0.29, 0.717) is 22.4 Å². The molecule has 5 heteroatoms. The molecule has 1 aliphatic rings. The molecule has 114 valence electrons. The zero-order valence-corrected chi connectivity index (χ0v) is 13.8. The van der Waals surface area contributed by atoms with Crippen molar-refractivity contribution in [1.29, 1.82) is 0 Å². The van der Waals surface area contributed by atoms with Crippen LogP contribution in [0, 0.1) is 10.6 Å². The van der Waals surface area contributed by atoms with Crippen LogP contribution in [0.3, 0.4) is 0 Å². The Morgan fingerprint density at radius 2 is 1.95 bits per heavy atom. The van der Waals surface area contributed by atoms with E-state index >= 15 is 0 Å². The molecule has 22 heavy (non-hydrogen) atoms. The van der Waals surface area contributed by atoms with Gasteiger partial charge in [-0.25, -0.2) is 0 Å². The largest absolute Gasteiger partial charge is 0.619 e. The summed E-state index contributed by atoms with van der Waals surface area (Å²) in [6.07, 6.45) is 5.11. The van der Waals surface area contributed by atoms with Gasteiger partial charge < -0.3 is 9.94 Å². The highest BCUT2D eigenvalue weighted by atomic mass is 35.5. The van der Waals surface area contributed by atoms with Gasteiger partial charge in [0.15, 0.2) is 12.4 Å². The molecule has 1 aromatic carbocycles. The van der Waals surface area contributed by atoms with E-state index in [4.69, 9.17) is 27.9 Å². The molecule has 0 bridgehead atoms. The first-order valence-electron chi connectivity index (χ1n) is 6.90. The van der Waals surface area contributed by atoms with Crippen LogP contribution in [0.5, 0.6) is 5.75 Å². The maximum Gasteiger partial charge on any atom is 0.188 e. The maximum atomic E-state index is 11.6. The predicted molar refractivity (Wildman–Crippen MR) is 88.2 cm³/mol. The minimum absolute atomic E-state index is 0.184. The number of pyridine rings is 1. The van der Waals surface area contributed by atoms with Crippen molar-refractivity contribution in [2.75, 3.05) is 6.61 Å². The van der Waals surface area contributed by atoms with Crippen LogP contribution in [-0.2, 0) is 0 Å². The molecule has 0 atom stereocenters. The van der Waals surface area contributed by atoms with Crippen LogP contribution in [0.1, 0.15) is 25.0 Å². The average molecular weight is 336 g/mol. The molecule has 2 heterocycles. The molecule has 0 amide bonds. The van der Waals surface area contributed by atoms with Crippen LogP contribution in [-0.4, -0.2) is 6.61 Å². The van der Waals surface area contributed by atoms with E-state index in [-0.39, 0.29) is 5.41 Å². The normalized spacial score (nSPS) is 16.3. The lowest BCUT2D eigenvalue weighted by molar-refractivity contribution is -0.605. The van der Waals surface area contributed by atoms with Crippen LogP contribution >= 0.6 is 23.2 Å². The first-order chi connectivity index (χ1) is 10.4. The number of nitrogens with zero attached hydrogens (tertiary/aromatic N) is 1. The number of benzene rings is 1. The Bertz CT molecular complexity index is 769. The lowest BCUT2D eigenvalue weighted by Crippen LogP contribution is -2.24. The highest BCUT2D eigenvalue weighted by molar-refractivity contribution is 6.42. The van der Waals surface area contributed by atoms with Gasteiger partial charge in [0.2, 0.25) is 0 Å². The monoisotopic (exact) mass is 335 g/mol. The van der Waals surface area contributed by atoms with Crippen LogP contribution in [0.15, 0.2) is 42.7 Å². The molecular formula is C17H15Cl2NO2. The SMILES string of the molecule is CC1(C)C=C(c2ccc[n+]([O-])c2)c2cc(Cl)c(Cl)cc2OC1. The van der Waals surface area contributed by atoms with Gasteiger partial charge in [0.1, 0.15) is 5.75 Å². The van der Waals surface area contributed by atoms with Crippen molar-refractivity contribution in [3.05, 3.63) is 69.1 Å². The number of ether oxygens (including phenoxy) is 1. The summed E-state index contributed by atoms with van der Waals surface area (Å²) < 4.78 is 6.69. The number of rotatable bonds is 1. The summed E-state index contributed by atoms with van der Waals surface area (Å²) in [5.74, 6) is 0.674. The van der Waals surface area contributed by atoms with E-state index in [1.807, 2.05) is 6.07 Å². The van der Waals surface area contributed by atoms with Crippen LogP contribution in [0.4, 0.5) is 0 Å². The van der Waals surface area contributed by atoms with E-state index < -0.39 is 0 Å². The molecule has 3 nitrogen and oxygen atoms in total. The summed E-state index contributed by atoms with van der Waals surface area (Å²) in [4.78, 5) is 0. The van der Waals surface area contributed by atoms with Gasteiger partial charge in [-0.3, -0.25) is 0 Å². The number of fused-ring (bicyclic) bond motifs is 1. The van der Waals surface area contributed by atoms with Gasteiger partial charge in [-0.05, 0) is 17.7 Å². The molecule has 0 N–H and O–H groups in total. The minimum atomic E-state index is -0.184. The van der Waals surface area contributed by atoms with Gasteiger partial charge in [-0.15, -0.1) is 0 Å². The predicted octanol–water partition coefficient (Wildman–Crippen LogP) is 4.48. The molecule has 0 unspecified atom stereocenters. The van der Waals surface area contributed by atoms with Crippen LogP contribution in [0.25, 0.3) is 5.57 Å². The van der Waals surface area contributed by atoms with Crippen LogP contribution in [0.2, 0.25) is 10.0 Å². The van der Waals surface area contributed by atoms with Crippen molar-refractivity contribution in [3.63, 3.8) is 0 Å². The van der Waals surface area contributed by atoms with E-state index in [9.17, 15) is 5.21 Å². The minimum Gasteiger partial charge on any atom is -0.619 e. The van der Waals surface area contributed by atoms with E-state index in [1.165, 1.54) is 6.20 Å². The third-order valence-electron chi connectivity index (χ3n) is 3.53. The van der Waals surface area contributed by atoms with Gasteiger partial charge in [-0.2, -0.15) is 4.73 Å². The van der Waals surface area contributed by atoms with E-state index in [0.717, 1.165) is 21.4 Å². The molecule has 0 saturated carbocycles. The summed E-state index contributed by atoms with van der Waals surface area (Å²) in [5.41, 5.74) is 2.39. The molecule has 3 rings (SSSR count). The molecule has 1 aromatic heterocycles. The summed E-state index contributed by atoms with van der Waals surface area (Å²) >= 11 is 12.3.